The maximum Gasteiger partial charge on any atom is 0.252 e. The van der Waals surface area contributed by atoms with Gasteiger partial charge in [-0.05, 0) is 59.4 Å². The van der Waals surface area contributed by atoms with Crippen molar-refractivity contribution in [1.29, 1.82) is 0 Å². The molecular formula is C13H16Br2N2O. The molecule has 0 bridgehead atoms. The van der Waals surface area contributed by atoms with Crippen LogP contribution in [0.1, 0.15) is 29.6 Å². The number of hydrogen-bond acceptors (Lipinski definition) is 2. The Hall–Kier alpha value is -0.390. The normalized spacial score (nSPS) is 23.1. The van der Waals surface area contributed by atoms with Crippen molar-refractivity contribution in [3.05, 3.63) is 32.7 Å². The van der Waals surface area contributed by atoms with Crippen LogP contribution in [0.15, 0.2) is 27.1 Å². The lowest BCUT2D eigenvalue weighted by molar-refractivity contribution is 0.0928. The quantitative estimate of drug-likeness (QED) is 0.852. The summed E-state index contributed by atoms with van der Waals surface area (Å²) in [5.41, 5.74) is 6.38. The highest BCUT2D eigenvalue weighted by Crippen LogP contribution is 2.26. The van der Waals surface area contributed by atoms with E-state index in [0.29, 0.717) is 18.0 Å². The summed E-state index contributed by atoms with van der Waals surface area (Å²) in [4.78, 5) is 12.2. The minimum atomic E-state index is -0.0338. The van der Waals surface area contributed by atoms with Gasteiger partial charge in [0.1, 0.15) is 0 Å². The van der Waals surface area contributed by atoms with E-state index < -0.39 is 0 Å². The minimum absolute atomic E-state index is 0.0338. The molecule has 5 heteroatoms. The maximum absolute atomic E-state index is 12.2. The van der Waals surface area contributed by atoms with Gasteiger partial charge in [-0.1, -0.05) is 22.4 Å². The lowest BCUT2D eigenvalue weighted by Crippen LogP contribution is -2.40. The largest absolute Gasteiger partial charge is 0.349 e. The summed E-state index contributed by atoms with van der Waals surface area (Å²) >= 11 is 6.79. The smallest absolute Gasteiger partial charge is 0.252 e. The highest BCUT2D eigenvalue weighted by atomic mass is 79.9. The molecule has 2 atom stereocenters. The number of benzene rings is 1. The minimum Gasteiger partial charge on any atom is -0.349 e. The summed E-state index contributed by atoms with van der Waals surface area (Å²) in [7, 11) is 0. The van der Waals surface area contributed by atoms with Crippen LogP contribution < -0.4 is 11.1 Å². The van der Waals surface area contributed by atoms with E-state index in [2.05, 4.69) is 37.2 Å². The number of nitrogens with two attached hydrogens (primary N) is 1. The monoisotopic (exact) mass is 374 g/mol. The Bertz CT molecular complexity index is 451. The van der Waals surface area contributed by atoms with E-state index in [1.54, 1.807) is 0 Å². The van der Waals surface area contributed by atoms with Gasteiger partial charge in [-0.2, -0.15) is 0 Å². The topological polar surface area (TPSA) is 55.1 Å². The third kappa shape index (κ3) is 3.13. The van der Waals surface area contributed by atoms with Gasteiger partial charge in [0, 0.05) is 15.0 Å². The van der Waals surface area contributed by atoms with Crippen LogP contribution in [0.3, 0.4) is 0 Å². The first-order valence-electron chi connectivity index (χ1n) is 6.08. The van der Waals surface area contributed by atoms with Gasteiger partial charge < -0.3 is 11.1 Å². The molecule has 0 spiro atoms. The molecule has 0 heterocycles. The number of halogens is 2. The lowest BCUT2D eigenvalue weighted by Gasteiger charge is -2.19. The van der Waals surface area contributed by atoms with Crippen molar-refractivity contribution in [3.8, 4) is 0 Å². The predicted octanol–water partition coefficient (Wildman–Crippen LogP) is 3.07. The van der Waals surface area contributed by atoms with Crippen molar-refractivity contribution < 1.29 is 4.79 Å². The van der Waals surface area contributed by atoms with Crippen molar-refractivity contribution >= 4 is 37.8 Å². The van der Waals surface area contributed by atoms with E-state index in [9.17, 15) is 4.79 Å². The van der Waals surface area contributed by atoms with Gasteiger partial charge in [0.2, 0.25) is 0 Å². The first-order valence-corrected chi connectivity index (χ1v) is 7.66. The van der Waals surface area contributed by atoms with Gasteiger partial charge in [-0.25, -0.2) is 0 Å². The van der Waals surface area contributed by atoms with Crippen LogP contribution in [0, 0.1) is 5.92 Å². The van der Waals surface area contributed by atoms with Crippen molar-refractivity contribution in [2.45, 2.75) is 25.3 Å². The summed E-state index contributed by atoms with van der Waals surface area (Å²) in [6.45, 7) is 0.643. The van der Waals surface area contributed by atoms with E-state index >= 15 is 0 Å². The second-order valence-electron chi connectivity index (χ2n) is 4.63. The average Bonchev–Trinajstić information content (AvgIpc) is 2.79. The highest BCUT2D eigenvalue weighted by Gasteiger charge is 2.28. The molecule has 1 aliphatic rings. The summed E-state index contributed by atoms with van der Waals surface area (Å²) in [5, 5.41) is 3.09. The molecule has 0 aliphatic heterocycles. The van der Waals surface area contributed by atoms with Crippen molar-refractivity contribution in [2.24, 2.45) is 11.7 Å². The van der Waals surface area contributed by atoms with Gasteiger partial charge >= 0.3 is 0 Å². The zero-order valence-electron chi connectivity index (χ0n) is 9.96. The van der Waals surface area contributed by atoms with Crippen LogP contribution in [0.2, 0.25) is 0 Å². The molecule has 0 aromatic heterocycles. The molecule has 3 nitrogen and oxygen atoms in total. The SMILES string of the molecule is NCC1CCCC1NC(=O)c1cc(Br)ccc1Br. The summed E-state index contributed by atoms with van der Waals surface area (Å²) < 4.78 is 1.71. The number of rotatable bonds is 3. The standard InChI is InChI=1S/C13H16Br2N2O/c14-9-4-5-11(15)10(6-9)13(18)17-12-3-1-2-8(12)7-16/h4-6,8,12H,1-3,7,16H2,(H,17,18). The van der Waals surface area contributed by atoms with Gasteiger partial charge in [0.05, 0.1) is 5.56 Å². The first-order chi connectivity index (χ1) is 8.61. The molecule has 1 aromatic rings. The van der Waals surface area contributed by atoms with E-state index in [0.717, 1.165) is 28.2 Å². The van der Waals surface area contributed by atoms with Gasteiger partial charge in [0.25, 0.3) is 5.91 Å². The van der Waals surface area contributed by atoms with Crippen LogP contribution in [0.4, 0.5) is 0 Å². The summed E-state index contributed by atoms with van der Waals surface area (Å²) in [6, 6.07) is 5.81. The van der Waals surface area contributed by atoms with E-state index in [-0.39, 0.29) is 11.9 Å². The highest BCUT2D eigenvalue weighted by molar-refractivity contribution is 9.11. The molecule has 1 amide bonds. The molecule has 1 saturated carbocycles. The second-order valence-corrected chi connectivity index (χ2v) is 6.40. The van der Waals surface area contributed by atoms with Crippen LogP contribution in [-0.4, -0.2) is 18.5 Å². The van der Waals surface area contributed by atoms with E-state index in [1.165, 1.54) is 0 Å². The van der Waals surface area contributed by atoms with Crippen molar-refractivity contribution in [1.82, 2.24) is 5.32 Å². The molecule has 98 valence electrons. The number of carbonyl (C=O) groups is 1. The molecule has 0 saturated heterocycles. The fourth-order valence-electron chi connectivity index (χ4n) is 2.43. The van der Waals surface area contributed by atoms with Crippen molar-refractivity contribution in [2.75, 3.05) is 6.54 Å². The van der Waals surface area contributed by atoms with Crippen LogP contribution in [0.5, 0.6) is 0 Å². The Labute approximate surface area is 124 Å². The number of amides is 1. The zero-order chi connectivity index (χ0) is 13.1. The molecular weight excluding hydrogens is 360 g/mol. The number of carbonyl (C=O) groups excluding carboxylic acids is 1. The van der Waals surface area contributed by atoms with Crippen molar-refractivity contribution in [3.63, 3.8) is 0 Å². The molecule has 3 N–H and O–H groups in total. The maximum atomic E-state index is 12.2. The third-order valence-electron chi connectivity index (χ3n) is 3.45. The molecule has 18 heavy (non-hydrogen) atoms. The number of nitrogens with one attached hydrogen (secondary N) is 1. The average molecular weight is 376 g/mol. The van der Waals surface area contributed by atoms with Crippen LogP contribution in [-0.2, 0) is 0 Å². The predicted molar refractivity (Wildman–Crippen MR) is 79.5 cm³/mol. The molecule has 1 aliphatic carbocycles. The van der Waals surface area contributed by atoms with Gasteiger partial charge in [-0.3, -0.25) is 4.79 Å². The molecule has 1 aromatic carbocycles. The first kappa shape index (κ1) is 14.0. The van der Waals surface area contributed by atoms with E-state index in [4.69, 9.17) is 5.73 Å². The molecule has 2 rings (SSSR count). The van der Waals surface area contributed by atoms with E-state index in [1.807, 2.05) is 18.2 Å². The second kappa shape index (κ2) is 6.17. The fraction of sp³-hybridized carbons (Fsp3) is 0.462. The van der Waals surface area contributed by atoms with Crippen LogP contribution in [0.25, 0.3) is 0 Å². The zero-order valence-corrected chi connectivity index (χ0v) is 13.1. The van der Waals surface area contributed by atoms with Gasteiger partial charge in [0.15, 0.2) is 0 Å². The molecule has 0 radical (unpaired) electrons. The molecule has 2 unspecified atom stereocenters. The summed E-state index contributed by atoms with van der Waals surface area (Å²) in [5.74, 6) is 0.383. The Balaban J connectivity index is 2.09. The fourth-order valence-corrected chi connectivity index (χ4v) is 3.21. The Morgan fingerprint density at radius 3 is 2.89 bits per heavy atom. The Kier molecular flexibility index (Phi) is 4.81. The Morgan fingerprint density at radius 1 is 1.39 bits per heavy atom. The number of hydrogen-bond donors (Lipinski definition) is 2. The lowest BCUT2D eigenvalue weighted by atomic mass is 10.0. The van der Waals surface area contributed by atoms with Gasteiger partial charge in [-0.15, -0.1) is 0 Å². The van der Waals surface area contributed by atoms with Crippen LogP contribution >= 0.6 is 31.9 Å². The third-order valence-corrected chi connectivity index (χ3v) is 4.64. The Morgan fingerprint density at radius 2 is 2.17 bits per heavy atom. The molecule has 1 fully saturated rings. The summed E-state index contributed by atoms with van der Waals surface area (Å²) in [6.07, 6.45) is 3.28.